The number of anilines is 1. The molecule has 0 saturated heterocycles. The number of carbonyl (C=O) groups is 1. The Labute approximate surface area is 177 Å². The van der Waals surface area contributed by atoms with Gasteiger partial charge in [0, 0.05) is 22.8 Å². The predicted molar refractivity (Wildman–Crippen MR) is 113 cm³/mol. The Balaban J connectivity index is 1.58. The van der Waals surface area contributed by atoms with Crippen LogP contribution in [0.3, 0.4) is 0 Å². The molecule has 1 heterocycles. The molecule has 0 aliphatic rings. The quantitative estimate of drug-likeness (QED) is 0.483. The number of carbonyl (C=O) groups excluding carboxylic acids is 1. The zero-order chi connectivity index (χ0) is 21.8. The van der Waals surface area contributed by atoms with Crippen molar-refractivity contribution in [1.82, 2.24) is 10.1 Å². The normalized spacial score (nSPS) is 10.5. The van der Waals surface area contributed by atoms with Crippen molar-refractivity contribution >= 4 is 11.6 Å². The van der Waals surface area contributed by atoms with Crippen LogP contribution >= 0.6 is 0 Å². The van der Waals surface area contributed by atoms with Crippen molar-refractivity contribution in [3.8, 4) is 34.3 Å². The molecule has 1 amide bonds. The van der Waals surface area contributed by atoms with E-state index in [0.29, 0.717) is 39.7 Å². The molecule has 31 heavy (non-hydrogen) atoms. The molecule has 0 fully saturated rings. The second-order valence-electron chi connectivity index (χ2n) is 6.53. The highest BCUT2D eigenvalue weighted by atomic mass is 19.1. The van der Waals surface area contributed by atoms with Crippen LogP contribution < -0.4 is 14.8 Å². The first-order chi connectivity index (χ1) is 15.1. The Kier molecular flexibility index (Phi) is 5.61. The van der Waals surface area contributed by atoms with Crippen LogP contribution in [-0.2, 0) is 0 Å². The van der Waals surface area contributed by atoms with E-state index in [0.717, 1.165) is 0 Å². The molecule has 4 rings (SSSR count). The average molecular weight is 419 g/mol. The summed E-state index contributed by atoms with van der Waals surface area (Å²) in [4.78, 5) is 17.2. The molecule has 0 aliphatic carbocycles. The number of methoxy groups -OCH3 is 2. The van der Waals surface area contributed by atoms with Crippen LogP contribution in [0.5, 0.6) is 11.5 Å². The smallest absolute Gasteiger partial charge is 0.258 e. The third-order valence-electron chi connectivity index (χ3n) is 4.56. The van der Waals surface area contributed by atoms with Crippen molar-refractivity contribution in [3.05, 3.63) is 78.1 Å². The molecule has 7 nitrogen and oxygen atoms in total. The SMILES string of the molecule is COc1ccc(OC)c(NC(=O)c2cccc(-c3nc(-c4ccc(F)cc4)no3)c2)c1. The van der Waals surface area contributed by atoms with Crippen LogP contribution in [0.1, 0.15) is 10.4 Å². The molecule has 0 atom stereocenters. The molecule has 8 heteroatoms. The van der Waals surface area contributed by atoms with Crippen molar-refractivity contribution in [1.29, 1.82) is 0 Å². The topological polar surface area (TPSA) is 86.5 Å². The van der Waals surface area contributed by atoms with E-state index < -0.39 is 0 Å². The number of rotatable bonds is 6. The molecule has 0 radical (unpaired) electrons. The molecule has 0 bridgehead atoms. The maximum Gasteiger partial charge on any atom is 0.258 e. The van der Waals surface area contributed by atoms with Crippen molar-refractivity contribution in [2.75, 3.05) is 19.5 Å². The molecular weight excluding hydrogens is 401 g/mol. The number of nitrogens with zero attached hydrogens (tertiary/aromatic N) is 2. The molecule has 0 aliphatic heterocycles. The van der Waals surface area contributed by atoms with Gasteiger partial charge in [-0.2, -0.15) is 4.98 Å². The van der Waals surface area contributed by atoms with Crippen LogP contribution in [0.2, 0.25) is 0 Å². The molecule has 0 unspecified atom stereocenters. The van der Waals surface area contributed by atoms with Gasteiger partial charge in [-0.1, -0.05) is 11.2 Å². The lowest BCUT2D eigenvalue weighted by Crippen LogP contribution is -2.12. The molecule has 3 aromatic carbocycles. The second-order valence-corrected chi connectivity index (χ2v) is 6.53. The van der Waals surface area contributed by atoms with Gasteiger partial charge in [-0.15, -0.1) is 0 Å². The lowest BCUT2D eigenvalue weighted by Gasteiger charge is -2.12. The second kappa shape index (κ2) is 8.66. The Bertz CT molecular complexity index is 1220. The monoisotopic (exact) mass is 419 g/mol. The number of halogens is 1. The minimum atomic E-state index is -0.348. The molecule has 156 valence electrons. The number of aromatic nitrogens is 2. The highest BCUT2D eigenvalue weighted by Crippen LogP contribution is 2.30. The van der Waals surface area contributed by atoms with Crippen molar-refractivity contribution < 1.29 is 23.2 Å². The zero-order valence-corrected chi connectivity index (χ0v) is 16.8. The summed E-state index contributed by atoms with van der Waals surface area (Å²) in [5.41, 5.74) is 2.07. The van der Waals surface area contributed by atoms with Gasteiger partial charge in [0.05, 0.1) is 19.9 Å². The van der Waals surface area contributed by atoms with Crippen LogP contribution in [0.4, 0.5) is 10.1 Å². The van der Waals surface area contributed by atoms with E-state index in [9.17, 15) is 9.18 Å². The van der Waals surface area contributed by atoms with Crippen LogP contribution in [0.15, 0.2) is 71.3 Å². The Hall–Kier alpha value is -4.20. The van der Waals surface area contributed by atoms with Gasteiger partial charge in [-0.3, -0.25) is 4.79 Å². The van der Waals surface area contributed by atoms with E-state index in [1.54, 1.807) is 61.7 Å². The van der Waals surface area contributed by atoms with E-state index in [2.05, 4.69) is 15.5 Å². The Morgan fingerprint density at radius 3 is 2.52 bits per heavy atom. The first kappa shape index (κ1) is 20.1. The summed E-state index contributed by atoms with van der Waals surface area (Å²) in [7, 11) is 3.06. The lowest BCUT2D eigenvalue weighted by molar-refractivity contribution is 0.102. The fraction of sp³-hybridized carbons (Fsp3) is 0.0870. The molecule has 1 aromatic heterocycles. The van der Waals surface area contributed by atoms with Gasteiger partial charge in [-0.25, -0.2) is 4.39 Å². The summed E-state index contributed by atoms with van der Waals surface area (Å²) in [6.45, 7) is 0. The average Bonchev–Trinajstić information content (AvgIpc) is 3.30. The van der Waals surface area contributed by atoms with Gasteiger partial charge in [-0.05, 0) is 54.6 Å². The lowest BCUT2D eigenvalue weighted by atomic mass is 10.1. The third-order valence-corrected chi connectivity index (χ3v) is 4.56. The predicted octanol–water partition coefficient (Wildman–Crippen LogP) is 4.81. The van der Waals surface area contributed by atoms with Crippen molar-refractivity contribution in [3.63, 3.8) is 0 Å². The number of hydrogen-bond acceptors (Lipinski definition) is 6. The van der Waals surface area contributed by atoms with Crippen LogP contribution in [-0.4, -0.2) is 30.3 Å². The molecule has 0 spiro atoms. The first-order valence-corrected chi connectivity index (χ1v) is 9.31. The summed E-state index contributed by atoms with van der Waals surface area (Å²) >= 11 is 0. The highest BCUT2D eigenvalue weighted by Gasteiger charge is 2.15. The Morgan fingerprint density at radius 1 is 0.968 bits per heavy atom. The minimum absolute atomic E-state index is 0.243. The molecule has 0 saturated carbocycles. The van der Waals surface area contributed by atoms with E-state index in [4.69, 9.17) is 14.0 Å². The van der Waals surface area contributed by atoms with Gasteiger partial charge < -0.3 is 19.3 Å². The summed E-state index contributed by atoms with van der Waals surface area (Å²) in [5.74, 6) is 0.972. The fourth-order valence-corrected chi connectivity index (χ4v) is 2.96. The van der Waals surface area contributed by atoms with Gasteiger partial charge in [0.1, 0.15) is 17.3 Å². The van der Waals surface area contributed by atoms with Gasteiger partial charge in [0.2, 0.25) is 5.82 Å². The zero-order valence-electron chi connectivity index (χ0n) is 16.8. The van der Waals surface area contributed by atoms with Crippen molar-refractivity contribution in [2.45, 2.75) is 0 Å². The van der Waals surface area contributed by atoms with E-state index in [1.165, 1.54) is 19.2 Å². The van der Waals surface area contributed by atoms with Crippen molar-refractivity contribution in [2.24, 2.45) is 0 Å². The maximum absolute atomic E-state index is 13.1. The molecule has 1 N–H and O–H groups in total. The largest absolute Gasteiger partial charge is 0.497 e. The van der Waals surface area contributed by atoms with Gasteiger partial charge in [0.25, 0.3) is 11.8 Å². The van der Waals surface area contributed by atoms with Crippen LogP contribution in [0.25, 0.3) is 22.8 Å². The Morgan fingerprint density at radius 2 is 1.77 bits per heavy atom. The third kappa shape index (κ3) is 4.37. The standard InChI is InChI=1S/C23H18FN3O4/c1-29-18-10-11-20(30-2)19(13-18)25-22(28)15-4-3-5-16(12-15)23-26-21(27-31-23)14-6-8-17(24)9-7-14/h3-13H,1-2H3,(H,25,28). The van der Waals surface area contributed by atoms with Gasteiger partial charge in [0.15, 0.2) is 0 Å². The number of hydrogen-bond donors (Lipinski definition) is 1. The number of amides is 1. The number of nitrogens with one attached hydrogen (secondary N) is 1. The van der Waals surface area contributed by atoms with Gasteiger partial charge >= 0.3 is 0 Å². The number of benzene rings is 3. The molecular formula is C23H18FN3O4. The van der Waals surface area contributed by atoms with E-state index in [1.807, 2.05) is 0 Å². The van der Waals surface area contributed by atoms with E-state index in [-0.39, 0.29) is 17.6 Å². The van der Waals surface area contributed by atoms with Crippen LogP contribution in [0, 0.1) is 5.82 Å². The first-order valence-electron chi connectivity index (χ1n) is 9.31. The molecule has 4 aromatic rings. The number of ether oxygens (including phenoxy) is 2. The highest BCUT2D eigenvalue weighted by molar-refractivity contribution is 6.05. The summed E-state index contributed by atoms with van der Waals surface area (Å²) in [5, 5.41) is 6.76. The fourth-order valence-electron chi connectivity index (χ4n) is 2.96. The minimum Gasteiger partial charge on any atom is -0.497 e. The summed E-state index contributed by atoms with van der Waals surface area (Å²) in [6, 6.07) is 17.7. The summed E-state index contributed by atoms with van der Waals surface area (Å²) < 4.78 is 29.0. The van der Waals surface area contributed by atoms with E-state index >= 15 is 0 Å². The summed E-state index contributed by atoms with van der Waals surface area (Å²) in [6.07, 6.45) is 0. The maximum atomic E-state index is 13.1.